The lowest BCUT2D eigenvalue weighted by Crippen LogP contribution is -2.31. The van der Waals surface area contributed by atoms with E-state index in [9.17, 15) is 13.2 Å². The first-order valence-corrected chi connectivity index (χ1v) is 8.76. The molecule has 28 heavy (non-hydrogen) atoms. The summed E-state index contributed by atoms with van der Waals surface area (Å²) in [6.45, 7) is 7.76. The van der Waals surface area contributed by atoms with Gasteiger partial charge in [0.1, 0.15) is 5.76 Å². The molecule has 3 rings (SSSR count). The van der Waals surface area contributed by atoms with Crippen molar-refractivity contribution in [3.05, 3.63) is 41.1 Å². The molecular weight excluding hydrogens is 379 g/mol. The lowest BCUT2D eigenvalue weighted by molar-refractivity contribution is -0.192. The van der Waals surface area contributed by atoms with Crippen LogP contribution < -0.4 is 0 Å². The minimum Gasteiger partial charge on any atom is -0.475 e. The fourth-order valence-electron chi connectivity index (χ4n) is 3.01. The van der Waals surface area contributed by atoms with Crippen LogP contribution in [0, 0.1) is 0 Å². The Labute approximate surface area is 160 Å². The average Bonchev–Trinajstić information content (AvgIpc) is 3.23. The summed E-state index contributed by atoms with van der Waals surface area (Å²) in [5.41, 5.74) is 3.80. The molecule has 1 aliphatic rings. The van der Waals surface area contributed by atoms with Gasteiger partial charge in [0.15, 0.2) is 0 Å². The van der Waals surface area contributed by atoms with Crippen molar-refractivity contribution in [2.45, 2.75) is 52.2 Å². The molecule has 2 aromatic rings. The van der Waals surface area contributed by atoms with Crippen molar-refractivity contribution < 1.29 is 32.2 Å². The molecule has 7 nitrogen and oxygen atoms in total. The number of nitrogens with zero attached hydrogens (tertiary/aromatic N) is 3. The molecule has 0 aromatic carbocycles. The van der Waals surface area contributed by atoms with E-state index in [1.165, 1.54) is 11.3 Å². The van der Waals surface area contributed by atoms with Gasteiger partial charge in [0.25, 0.3) is 0 Å². The van der Waals surface area contributed by atoms with Crippen molar-refractivity contribution >= 4 is 5.97 Å². The van der Waals surface area contributed by atoms with Crippen molar-refractivity contribution in [1.82, 2.24) is 14.7 Å². The summed E-state index contributed by atoms with van der Waals surface area (Å²) in [5, 5.41) is 11.9. The van der Waals surface area contributed by atoms with E-state index in [-0.39, 0.29) is 0 Å². The highest BCUT2D eigenvalue weighted by molar-refractivity contribution is 5.73. The van der Waals surface area contributed by atoms with Gasteiger partial charge in [0, 0.05) is 31.8 Å². The molecule has 0 amide bonds. The highest BCUT2D eigenvalue weighted by Gasteiger charge is 2.38. The second-order valence-corrected chi connectivity index (χ2v) is 6.69. The zero-order chi connectivity index (χ0) is 20.9. The SMILES string of the molecule is COCc1nn(C(C)C)c2c1CCN(Cc1ccco1)C2.O=C(O)C(F)(F)F. The summed E-state index contributed by atoms with van der Waals surface area (Å²) >= 11 is 0. The van der Waals surface area contributed by atoms with Crippen LogP contribution in [0.25, 0.3) is 0 Å². The number of carbonyl (C=O) groups is 1. The Bertz CT molecular complexity index is 770. The first kappa shape index (κ1) is 22.0. The van der Waals surface area contributed by atoms with Crippen LogP contribution in [-0.2, 0) is 35.6 Å². The third-order valence-corrected chi connectivity index (χ3v) is 4.23. The summed E-state index contributed by atoms with van der Waals surface area (Å²) < 4.78 is 44.6. The average molecular weight is 403 g/mol. The van der Waals surface area contributed by atoms with Gasteiger partial charge in [-0.3, -0.25) is 9.58 Å². The molecule has 0 fully saturated rings. The maximum atomic E-state index is 10.6. The fourth-order valence-corrected chi connectivity index (χ4v) is 3.01. The first-order chi connectivity index (χ1) is 13.1. The summed E-state index contributed by atoms with van der Waals surface area (Å²) in [6.07, 6.45) is -2.32. The third-order valence-electron chi connectivity index (χ3n) is 4.23. The highest BCUT2D eigenvalue weighted by atomic mass is 19.4. The number of fused-ring (bicyclic) bond motifs is 1. The molecule has 0 aliphatic carbocycles. The van der Waals surface area contributed by atoms with Gasteiger partial charge in [-0.1, -0.05) is 0 Å². The minimum absolute atomic E-state index is 0.368. The quantitative estimate of drug-likeness (QED) is 0.824. The van der Waals surface area contributed by atoms with Crippen LogP contribution in [0.1, 0.15) is 42.6 Å². The summed E-state index contributed by atoms with van der Waals surface area (Å²) in [6, 6.07) is 4.35. The Balaban J connectivity index is 0.000000345. The van der Waals surface area contributed by atoms with E-state index in [2.05, 4.69) is 23.4 Å². The Morgan fingerprint density at radius 3 is 2.61 bits per heavy atom. The van der Waals surface area contributed by atoms with Crippen LogP contribution in [0.5, 0.6) is 0 Å². The lowest BCUT2D eigenvalue weighted by atomic mass is 10.0. The molecule has 2 aromatic heterocycles. The fraction of sp³-hybridized carbons (Fsp3) is 0.556. The van der Waals surface area contributed by atoms with Gasteiger partial charge in [-0.05, 0) is 32.4 Å². The smallest absolute Gasteiger partial charge is 0.475 e. The Hall–Kier alpha value is -2.33. The van der Waals surface area contributed by atoms with Crippen molar-refractivity contribution in [2.24, 2.45) is 0 Å². The Kier molecular flexibility index (Phi) is 7.25. The van der Waals surface area contributed by atoms with Gasteiger partial charge in [-0.15, -0.1) is 0 Å². The molecule has 156 valence electrons. The molecule has 0 radical (unpaired) electrons. The number of alkyl halides is 3. The number of carboxylic acids is 1. The molecule has 10 heteroatoms. The number of aromatic nitrogens is 2. The van der Waals surface area contributed by atoms with E-state index in [1.54, 1.807) is 13.4 Å². The van der Waals surface area contributed by atoms with E-state index < -0.39 is 12.1 Å². The number of hydrogen-bond donors (Lipinski definition) is 1. The van der Waals surface area contributed by atoms with Gasteiger partial charge in [0.05, 0.1) is 30.8 Å². The number of ether oxygens (including phenoxy) is 1. The van der Waals surface area contributed by atoms with Gasteiger partial charge in [-0.25, -0.2) is 4.79 Å². The summed E-state index contributed by atoms with van der Waals surface area (Å²) in [5.74, 6) is -1.74. The predicted octanol–water partition coefficient (Wildman–Crippen LogP) is 3.40. The normalized spacial score (nSPS) is 14.5. The molecular formula is C18H24F3N3O4. The first-order valence-electron chi connectivity index (χ1n) is 8.76. The molecule has 1 N–H and O–H groups in total. The monoisotopic (exact) mass is 403 g/mol. The molecule has 0 spiro atoms. The molecule has 0 saturated heterocycles. The number of carboxylic acid groups (broad SMARTS) is 1. The molecule has 3 heterocycles. The Morgan fingerprint density at radius 2 is 2.11 bits per heavy atom. The molecule has 0 saturated carbocycles. The largest absolute Gasteiger partial charge is 0.490 e. The van der Waals surface area contributed by atoms with Crippen molar-refractivity contribution in [3.8, 4) is 0 Å². The van der Waals surface area contributed by atoms with Crippen LogP contribution in [0.2, 0.25) is 0 Å². The molecule has 1 aliphatic heterocycles. The second kappa shape index (κ2) is 9.24. The maximum absolute atomic E-state index is 10.6. The van der Waals surface area contributed by atoms with E-state index in [0.717, 1.165) is 37.5 Å². The summed E-state index contributed by atoms with van der Waals surface area (Å²) in [4.78, 5) is 11.3. The van der Waals surface area contributed by atoms with Gasteiger partial charge in [-0.2, -0.15) is 18.3 Å². The van der Waals surface area contributed by atoms with Crippen molar-refractivity contribution in [2.75, 3.05) is 13.7 Å². The Morgan fingerprint density at radius 1 is 1.43 bits per heavy atom. The maximum Gasteiger partial charge on any atom is 0.490 e. The van der Waals surface area contributed by atoms with Gasteiger partial charge in [0.2, 0.25) is 0 Å². The zero-order valence-electron chi connectivity index (χ0n) is 16.0. The summed E-state index contributed by atoms with van der Waals surface area (Å²) in [7, 11) is 1.73. The standard InChI is InChI=1S/C16H23N3O2.C2HF3O2/c1-12(2)19-16-10-18(9-13-5-4-8-21-13)7-6-14(16)15(17-19)11-20-3;3-2(4,5)1(6)7/h4-5,8,12H,6-7,9-11H2,1-3H3;(H,6,7). The van der Waals surface area contributed by atoms with Gasteiger partial charge < -0.3 is 14.3 Å². The molecule has 0 bridgehead atoms. The number of hydrogen-bond acceptors (Lipinski definition) is 5. The topological polar surface area (TPSA) is 80.7 Å². The van der Waals surface area contributed by atoms with Crippen LogP contribution in [-0.4, -0.2) is 45.6 Å². The van der Waals surface area contributed by atoms with Crippen LogP contribution in [0.3, 0.4) is 0 Å². The van der Waals surface area contributed by atoms with Crippen molar-refractivity contribution in [1.29, 1.82) is 0 Å². The lowest BCUT2D eigenvalue weighted by Gasteiger charge is -2.27. The minimum atomic E-state index is -5.08. The van der Waals surface area contributed by atoms with Crippen LogP contribution in [0.4, 0.5) is 13.2 Å². The van der Waals surface area contributed by atoms with Crippen LogP contribution in [0.15, 0.2) is 22.8 Å². The number of furan rings is 1. The number of methoxy groups -OCH3 is 1. The third kappa shape index (κ3) is 5.59. The van der Waals surface area contributed by atoms with E-state index in [0.29, 0.717) is 12.6 Å². The number of aliphatic carboxylic acids is 1. The van der Waals surface area contributed by atoms with E-state index in [4.69, 9.17) is 24.2 Å². The molecule has 0 atom stereocenters. The van der Waals surface area contributed by atoms with Crippen molar-refractivity contribution in [3.63, 3.8) is 0 Å². The molecule has 0 unspecified atom stereocenters. The second-order valence-electron chi connectivity index (χ2n) is 6.69. The van der Waals surface area contributed by atoms with E-state index >= 15 is 0 Å². The number of rotatable bonds is 5. The van der Waals surface area contributed by atoms with Gasteiger partial charge >= 0.3 is 12.1 Å². The van der Waals surface area contributed by atoms with E-state index in [1.807, 2.05) is 12.1 Å². The number of halogens is 3. The zero-order valence-corrected chi connectivity index (χ0v) is 16.0. The van der Waals surface area contributed by atoms with Crippen LogP contribution >= 0.6 is 0 Å². The highest BCUT2D eigenvalue weighted by Crippen LogP contribution is 2.26. The predicted molar refractivity (Wildman–Crippen MR) is 93.5 cm³/mol.